The van der Waals surface area contributed by atoms with Gasteiger partial charge in [0, 0.05) is 29.9 Å². The minimum absolute atomic E-state index is 0.0155. The number of guanidine groups is 1. The number of thioether (sulfide) groups is 1. The van der Waals surface area contributed by atoms with E-state index in [1.54, 1.807) is 17.5 Å². The monoisotopic (exact) mass is 706 g/mol. The highest BCUT2D eigenvalue weighted by Gasteiger charge is 2.30. The van der Waals surface area contributed by atoms with Gasteiger partial charge in [0.1, 0.15) is 29.9 Å². The maximum absolute atomic E-state index is 13.7. The van der Waals surface area contributed by atoms with Crippen molar-refractivity contribution in [3.8, 4) is 5.75 Å². The van der Waals surface area contributed by atoms with Crippen LogP contribution in [0, 0.1) is 0 Å². The summed E-state index contributed by atoms with van der Waals surface area (Å²) in [5.74, 6) is -5.26. The van der Waals surface area contributed by atoms with Gasteiger partial charge < -0.3 is 54.0 Å². The number of aromatic nitrogens is 1. The number of phenolic OH excluding ortho intramolecular Hbond substituents is 1. The molecule has 260 valence electrons. The number of primary amides is 1. The predicted molar refractivity (Wildman–Crippen MR) is 178 cm³/mol. The Bertz CT molecular complexity index is 1500. The van der Waals surface area contributed by atoms with Gasteiger partial charge in [-0.2, -0.15) is 11.8 Å². The number of aliphatic imine (C=N–C) groups is 1. The maximum atomic E-state index is 13.7. The highest BCUT2D eigenvalue weighted by Crippen LogP contribution is 2.22. The van der Waals surface area contributed by atoms with Crippen molar-refractivity contribution in [3.63, 3.8) is 0 Å². The van der Waals surface area contributed by atoms with E-state index in [9.17, 15) is 39.0 Å². The number of nitrogens with two attached hydrogens (primary N) is 3. The van der Waals surface area contributed by atoms with Gasteiger partial charge in [0.05, 0.1) is 18.7 Å². The number of benzene rings is 1. The lowest BCUT2D eigenvalue weighted by atomic mass is 10.0. The molecule has 0 aliphatic carbocycles. The topological polar surface area (TPSA) is 306 Å². The number of carboxylic acids is 1. The molecule has 1 unspecified atom stereocenters. The summed E-state index contributed by atoms with van der Waals surface area (Å²) in [4.78, 5) is 84.6. The number of hydrogen-bond donors (Lipinski definition) is 10. The number of aliphatic carboxylic acids is 1. The molecule has 2 aromatic rings. The second kappa shape index (κ2) is 18.3. The molecule has 0 spiro atoms. The first-order chi connectivity index (χ1) is 22.8. The van der Waals surface area contributed by atoms with E-state index in [1.165, 1.54) is 35.2 Å². The Morgan fingerprint density at radius 3 is 2.31 bits per heavy atom. The van der Waals surface area contributed by atoms with Crippen LogP contribution in [0.5, 0.6) is 5.75 Å². The zero-order valence-corrected chi connectivity index (χ0v) is 27.3. The summed E-state index contributed by atoms with van der Waals surface area (Å²) in [6.07, 6.45) is -0.330. The van der Waals surface area contributed by atoms with Crippen LogP contribution in [0.2, 0.25) is 0 Å². The Morgan fingerprint density at radius 1 is 0.938 bits per heavy atom. The van der Waals surface area contributed by atoms with Crippen LogP contribution in [0.1, 0.15) is 30.5 Å². The molecule has 3 rings (SSSR count). The van der Waals surface area contributed by atoms with E-state index in [1.807, 2.05) is 0 Å². The van der Waals surface area contributed by atoms with E-state index in [2.05, 4.69) is 36.6 Å². The standard InChI is InChI=1S/C28H38N10O8S2/c29-23(43)20-13-47-11-15-12-48-28(34-15)38-18(8-14-3-5-16(39)6-4-14)25(45)36-17(2-1-7-32-27(30)31)24(44)33-10-21(40)35-19(9-22(41)42)26(46)37-20/h3-6,12,17-20,39H,1-2,7-11,13H2,(H2,29,43)(H,33,44)(H,34,38)(H,35,40)(H,36,45)(H,37,46)(H,41,42)(H4,30,31,32)/t17?,18-,19-,20-/m0/s1. The normalized spacial score (nSPS) is 21.3. The van der Waals surface area contributed by atoms with Gasteiger partial charge in [-0.1, -0.05) is 12.1 Å². The number of carbonyl (C=O) groups excluding carboxylic acids is 5. The molecule has 0 saturated heterocycles. The van der Waals surface area contributed by atoms with Crippen LogP contribution in [0.3, 0.4) is 0 Å². The van der Waals surface area contributed by atoms with Crippen LogP contribution in [0.25, 0.3) is 0 Å². The number of nitrogens with zero attached hydrogens (tertiary/aromatic N) is 2. The highest BCUT2D eigenvalue weighted by atomic mass is 32.2. The fourth-order valence-corrected chi connectivity index (χ4v) is 6.21. The summed E-state index contributed by atoms with van der Waals surface area (Å²) in [6, 6.07) is 1.37. The molecule has 0 radical (unpaired) electrons. The van der Waals surface area contributed by atoms with Crippen molar-refractivity contribution < 1.29 is 39.0 Å². The van der Waals surface area contributed by atoms with Gasteiger partial charge >= 0.3 is 5.97 Å². The van der Waals surface area contributed by atoms with Crippen LogP contribution >= 0.6 is 23.1 Å². The van der Waals surface area contributed by atoms with E-state index in [0.29, 0.717) is 22.1 Å². The Hall–Kier alpha value is -5.11. The molecular formula is C28H38N10O8S2. The summed E-state index contributed by atoms with van der Waals surface area (Å²) in [5, 5.41) is 34.0. The molecule has 0 saturated carbocycles. The zero-order chi connectivity index (χ0) is 35.2. The van der Waals surface area contributed by atoms with Crippen molar-refractivity contribution in [2.75, 3.05) is 24.2 Å². The molecule has 1 aromatic carbocycles. The third-order valence-electron chi connectivity index (χ3n) is 6.77. The molecular weight excluding hydrogens is 669 g/mol. The van der Waals surface area contributed by atoms with Gasteiger partial charge in [0.25, 0.3) is 0 Å². The van der Waals surface area contributed by atoms with E-state index in [0.717, 1.165) is 0 Å². The molecule has 0 fully saturated rings. The Balaban J connectivity index is 1.92. The lowest BCUT2D eigenvalue weighted by Crippen LogP contribution is -2.56. The summed E-state index contributed by atoms with van der Waals surface area (Å²) < 4.78 is 0. The smallest absolute Gasteiger partial charge is 0.305 e. The van der Waals surface area contributed by atoms with Gasteiger partial charge in [-0.15, -0.1) is 11.3 Å². The second-order valence-electron chi connectivity index (χ2n) is 10.6. The molecule has 48 heavy (non-hydrogen) atoms. The van der Waals surface area contributed by atoms with Gasteiger partial charge in [-0.25, -0.2) is 4.98 Å². The minimum atomic E-state index is -1.59. The lowest BCUT2D eigenvalue weighted by molar-refractivity contribution is -0.141. The van der Waals surface area contributed by atoms with Gasteiger partial charge in [0.15, 0.2) is 11.1 Å². The van der Waals surface area contributed by atoms with E-state index in [-0.39, 0.29) is 43.3 Å². The molecule has 20 heteroatoms. The number of phenols is 1. The van der Waals surface area contributed by atoms with E-state index in [4.69, 9.17) is 17.2 Å². The predicted octanol–water partition coefficient (Wildman–Crippen LogP) is -2.30. The number of rotatable bonds is 9. The van der Waals surface area contributed by atoms with Crippen molar-refractivity contribution in [3.05, 3.63) is 40.9 Å². The summed E-state index contributed by atoms with van der Waals surface area (Å²) in [6.45, 7) is -0.523. The number of thiazole rings is 1. The maximum Gasteiger partial charge on any atom is 0.305 e. The van der Waals surface area contributed by atoms with Gasteiger partial charge in [-0.3, -0.25) is 33.8 Å². The molecule has 13 N–H and O–H groups in total. The molecule has 18 nitrogen and oxygen atoms in total. The summed E-state index contributed by atoms with van der Waals surface area (Å²) in [5.41, 5.74) is 17.5. The third-order valence-corrected chi connectivity index (χ3v) is 8.66. The zero-order valence-electron chi connectivity index (χ0n) is 25.6. The van der Waals surface area contributed by atoms with Crippen molar-refractivity contribution in [1.82, 2.24) is 26.3 Å². The molecule has 2 heterocycles. The number of fused-ring (bicyclic) bond motifs is 2. The fourth-order valence-electron chi connectivity index (χ4n) is 4.38. The van der Waals surface area contributed by atoms with Gasteiger partial charge in [0.2, 0.25) is 29.5 Å². The van der Waals surface area contributed by atoms with Crippen LogP contribution in [0.15, 0.2) is 34.6 Å². The molecule has 2 bridgehead atoms. The number of carbonyl (C=O) groups is 6. The van der Waals surface area contributed by atoms with Crippen molar-refractivity contribution >= 4 is 69.7 Å². The van der Waals surface area contributed by atoms with Crippen molar-refractivity contribution in [2.24, 2.45) is 22.2 Å². The molecule has 1 aliphatic rings. The van der Waals surface area contributed by atoms with Crippen LogP contribution < -0.4 is 43.8 Å². The SMILES string of the molecule is NC(=O)[C@@H]1CSCc2csc(n2)N[C@@H](Cc2ccc(O)cc2)C(=O)NC(CCCN=C(N)N)C(=O)NCC(=O)N[C@@H](CC(=O)O)C(=O)N1. The second-order valence-corrected chi connectivity index (χ2v) is 12.5. The molecule has 1 aromatic heterocycles. The number of aromatic hydroxyl groups is 1. The minimum Gasteiger partial charge on any atom is -0.508 e. The highest BCUT2D eigenvalue weighted by molar-refractivity contribution is 7.98. The summed E-state index contributed by atoms with van der Waals surface area (Å²) in [7, 11) is 0. The van der Waals surface area contributed by atoms with Crippen LogP contribution in [-0.2, 0) is 40.9 Å². The fraction of sp³-hybridized carbons (Fsp3) is 0.429. The Morgan fingerprint density at radius 2 is 1.65 bits per heavy atom. The number of nitrogens with one attached hydrogen (secondary N) is 5. The van der Waals surface area contributed by atoms with Crippen LogP contribution in [0.4, 0.5) is 5.13 Å². The first-order valence-corrected chi connectivity index (χ1v) is 16.6. The number of amides is 5. The van der Waals surface area contributed by atoms with Crippen LogP contribution in [-0.4, -0.2) is 99.7 Å². The molecule has 5 amide bonds. The van der Waals surface area contributed by atoms with Gasteiger partial charge in [-0.05, 0) is 30.5 Å². The molecule has 4 atom stereocenters. The van der Waals surface area contributed by atoms with Crippen molar-refractivity contribution in [1.29, 1.82) is 0 Å². The summed E-state index contributed by atoms with van der Waals surface area (Å²) >= 11 is 2.44. The Kier molecular flexibility index (Phi) is 14.2. The number of hydrogen-bond acceptors (Lipinski definition) is 12. The average molecular weight is 707 g/mol. The number of carboxylic acid groups (broad SMARTS) is 1. The van der Waals surface area contributed by atoms with E-state index >= 15 is 0 Å². The van der Waals surface area contributed by atoms with E-state index < -0.39 is 72.6 Å². The quantitative estimate of drug-likeness (QED) is 0.0746. The van der Waals surface area contributed by atoms with Crippen molar-refractivity contribution in [2.45, 2.75) is 55.6 Å². The first-order valence-electron chi connectivity index (χ1n) is 14.6. The lowest BCUT2D eigenvalue weighted by Gasteiger charge is -2.24. The third kappa shape index (κ3) is 12.6. The molecule has 1 aliphatic heterocycles. The number of anilines is 1. The Labute approximate surface area is 283 Å². The average Bonchev–Trinajstić information content (AvgIpc) is 3.47. The largest absolute Gasteiger partial charge is 0.508 e. The first kappa shape index (κ1) is 37.3.